The van der Waals surface area contributed by atoms with Crippen molar-refractivity contribution in [1.29, 1.82) is 0 Å². The van der Waals surface area contributed by atoms with E-state index in [1.54, 1.807) is 12.1 Å². The summed E-state index contributed by atoms with van der Waals surface area (Å²) in [4.78, 5) is 0. The standard InChI is InChI=1S/C24H24Cl2O2/c1-2-3-4-5-8-16-11-12-18(22(26)13-16)20-15-23(27)19(14-24(20)28)17-9-6-7-10-21(17)25/h6-7,9-15,27-28H,2-5,8H2,1H3. The lowest BCUT2D eigenvalue weighted by molar-refractivity contribution is 0.463. The van der Waals surface area contributed by atoms with Gasteiger partial charge in [-0.2, -0.15) is 0 Å². The Bertz CT molecular complexity index is 967. The Morgan fingerprint density at radius 3 is 1.93 bits per heavy atom. The first-order chi connectivity index (χ1) is 13.5. The number of halogens is 2. The van der Waals surface area contributed by atoms with E-state index in [1.807, 2.05) is 30.3 Å². The van der Waals surface area contributed by atoms with E-state index >= 15 is 0 Å². The molecule has 3 rings (SSSR count). The second-order valence-electron chi connectivity index (χ2n) is 6.99. The first-order valence-electron chi connectivity index (χ1n) is 9.61. The van der Waals surface area contributed by atoms with Gasteiger partial charge in [-0.15, -0.1) is 0 Å². The molecule has 0 atom stereocenters. The van der Waals surface area contributed by atoms with Gasteiger partial charge in [-0.1, -0.05) is 79.7 Å². The van der Waals surface area contributed by atoms with Crippen molar-refractivity contribution in [3.05, 3.63) is 70.2 Å². The lowest BCUT2D eigenvalue weighted by atomic mass is 9.96. The fourth-order valence-corrected chi connectivity index (χ4v) is 3.92. The molecular weight excluding hydrogens is 391 g/mol. The molecule has 0 aliphatic heterocycles. The van der Waals surface area contributed by atoms with Crippen molar-refractivity contribution in [3.63, 3.8) is 0 Å². The van der Waals surface area contributed by atoms with Gasteiger partial charge >= 0.3 is 0 Å². The van der Waals surface area contributed by atoms with Crippen molar-refractivity contribution in [3.8, 4) is 33.8 Å². The summed E-state index contributed by atoms with van der Waals surface area (Å²) >= 11 is 12.7. The fourth-order valence-electron chi connectivity index (χ4n) is 3.38. The molecule has 28 heavy (non-hydrogen) atoms. The van der Waals surface area contributed by atoms with Crippen LogP contribution >= 0.6 is 23.2 Å². The number of unbranched alkanes of at least 4 members (excludes halogenated alkanes) is 3. The highest BCUT2D eigenvalue weighted by atomic mass is 35.5. The Labute approximate surface area is 176 Å². The summed E-state index contributed by atoms with van der Waals surface area (Å²) < 4.78 is 0. The zero-order chi connectivity index (χ0) is 20.1. The van der Waals surface area contributed by atoms with Gasteiger partial charge in [0.15, 0.2) is 0 Å². The fraction of sp³-hybridized carbons (Fsp3) is 0.250. The Morgan fingerprint density at radius 1 is 0.679 bits per heavy atom. The number of hydrogen-bond donors (Lipinski definition) is 2. The third-order valence-corrected chi connectivity index (χ3v) is 5.56. The highest BCUT2D eigenvalue weighted by molar-refractivity contribution is 6.34. The molecule has 0 heterocycles. The number of phenolic OH excluding ortho intramolecular Hbond substituents is 2. The first-order valence-corrected chi connectivity index (χ1v) is 10.4. The second-order valence-corrected chi connectivity index (χ2v) is 7.81. The minimum atomic E-state index is 0.0422. The van der Waals surface area contributed by atoms with E-state index in [4.69, 9.17) is 23.2 Å². The number of aryl methyl sites for hydroxylation is 1. The molecule has 0 aromatic heterocycles. The van der Waals surface area contributed by atoms with E-state index in [-0.39, 0.29) is 11.5 Å². The quantitative estimate of drug-likeness (QED) is 0.305. The predicted molar refractivity (Wildman–Crippen MR) is 119 cm³/mol. The van der Waals surface area contributed by atoms with Crippen LogP contribution in [0.15, 0.2) is 54.6 Å². The zero-order valence-electron chi connectivity index (χ0n) is 15.9. The number of aromatic hydroxyl groups is 2. The molecule has 0 saturated heterocycles. The maximum Gasteiger partial charge on any atom is 0.124 e. The molecule has 146 valence electrons. The van der Waals surface area contributed by atoms with Crippen LogP contribution in [-0.2, 0) is 6.42 Å². The summed E-state index contributed by atoms with van der Waals surface area (Å²) in [7, 11) is 0. The molecule has 3 aromatic carbocycles. The summed E-state index contributed by atoms with van der Waals surface area (Å²) in [6.45, 7) is 2.20. The van der Waals surface area contributed by atoms with Crippen LogP contribution in [0.1, 0.15) is 38.2 Å². The highest BCUT2D eigenvalue weighted by Gasteiger charge is 2.16. The third kappa shape index (κ3) is 4.63. The highest BCUT2D eigenvalue weighted by Crippen LogP contribution is 2.43. The molecular formula is C24H24Cl2O2. The summed E-state index contributed by atoms with van der Waals surface area (Å²) in [5.74, 6) is 0.0888. The minimum absolute atomic E-state index is 0.0422. The van der Waals surface area contributed by atoms with E-state index in [9.17, 15) is 10.2 Å². The summed E-state index contributed by atoms with van der Waals surface area (Å²) in [5, 5.41) is 22.2. The molecule has 0 bridgehead atoms. The Balaban J connectivity index is 1.90. The molecule has 2 N–H and O–H groups in total. The van der Waals surface area contributed by atoms with Crippen LogP contribution in [0.5, 0.6) is 11.5 Å². The molecule has 2 nitrogen and oxygen atoms in total. The summed E-state index contributed by atoms with van der Waals surface area (Å²) in [6.07, 6.45) is 5.81. The SMILES string of the molecule is CCCCCCc1ccc(-c2cc(O)c(-c3ccccc3Cl)cc2O)c(Cl)c1. The molecule has 0 aliphatic carbocycles. The van der Waals surface area contributed by atoms with Gasteiger partial charge < -0.3 is 10.2 Å². The average molecular weight is 415 g/mol. The van der Waals surface area contributed by atoms with Gasteiger partial charge in [-0.05, 0) is 42.7 Å². The van der Waals surface area contributed by atoms with Crippen LogP contribution in [0.25, 0.3) is 22.3 Å². The van der Waals surface area contributed by atoms with Crippen molar-refractivity contribution in [2.75, 3.05) is 0 Å². The van der Waals surface area contributed by atoms with Crippen molar-refractivity contribution in [1.82, 2.24) is 0 Å². The van der Waals surface area contributed by atoms with Crippen molar-refractivity contribution >= 4 is 23.2 Å². The Hall–Kier alpha value is -2.16. The van der Waals surface area contributed by atoms with Gasteiger partial charge in [0, 0.05) is 32.3 Å². The minimum Gasteiger partial charge on any atom is -0.507 e. The monoisotopic (exact) mass is 414 g/mol. The topological polar surface area (TPSA) is 40.5 Å². The maximum atomic E-state index is 10.6. The second kappa shape index (κ2) is 9.36. The first kappa shape index (κ1) is 20.6. The van der Waals surface area contributed by atoms with Gasteiger partial charge in [0.1, 0.15) is 11.5 Å². The van der Waals surface area contributed by atoms with Crippen LogP contribution in [0.4, 0.5) is 0 Å². The molecule has 3 aromatic rings. The third-order valence-electron chi connectivity index (χ3n) is 4.92. The van der Waals surface area contributed by atoms with Crippen molar-refractivity contribution in [2.45, 2.75) is 39.0 Å². The Kier molecular flexibility index (Phi) is 6.88. The summed E-state index contributed by atoms with van der Waals surface area (Å²) in [6, 6.07) is 16.2. The van der Waals surface area contributed by atoms with Crippen LogP contribution in [0, 0.1) is 0 Å². The van der Waals surface area contributed by atoms with Gasteiger partial charge in [-0.3, -0.25) is 0 Å². The zero-order valence-corrected chi connectivity index (χ0v) is 17.4. The molecule has 0 radical (unpaired) electrons. The van der Waals surface area contributed by atoms with Crippen LogP contribution in [-0.4, -0.2) is 10.2 Å². The van der Waals surface area contributed by atoms with Gasteiger partial charge in [0.2, 0.25) is 0 Å². The average Bonchev–Trinajstić information content (AvgIpc) is 2.68. The van der Waals surface area contributed by atoms with E-state index < -0.39 is 0 Å². The molecule has 0 fully saturated rings. The van der Waals surface area contributed by atoms with Crippen LogP contribution < -0.4 is 0 Å². The lowest BCUT2D eigenvalue weighted by Gasteiger charge is -2.13. The molecule has 0 saturated carbocycles. The van der Waals surface area contributed by atoms with E-state index in [0.717, 1.165) is 12.8 Å². The summed E-state index contributed by atoms with van der Waals surface area (Å²) in [5.41, 5.74) is 3.52. The molecule has 0 spiro atoms. The van der Waals surface area contributed by atoms with Gasteiger partial charge in [-0.25, -0.2) is 0 Å². The molecule has 4 heteroatoms. The van der Waals surface area contributed by atoms with E-state index in [0.29, 0.717) is 32.3 Å². The van der Waals surface area contributed by atoms with Crippen LogP contribution in [0.2, 0.25) is 10.0 Å². The number of hydrogen-bond acceptors (Lipinski definition) is 2. The Morgan fingerprint density at radius 2 is 1.32 bits per heavy atom. The van der Waals surface area contributed by atoms with Gasteiger partial charge in [0.05, 0.1) is 0 Å². The van der Waals surface area contributed by atoms with E-state index in [2.05, 4.69) is 6.92 Å². The smallest absolute Gasteiger partial charge is 0.124 e. The van der Waals surface area contributed by atoms with E-state index in [1.165, 1.54) is 37.0 Å². The lowest BCUT2D eigenvalue weighted by Crippen LogP contribution is -1.89. The van der Waals surface area contributed by atoms with Crippen molar-refractivity contribution < 1.29 is 10.2 Å². The normalized spacial score (nSPS) is 11.0. The van der Waals surface area contributed by atoms with Gasteiger partial charge in [0.25, 0.3) is 0 Å². The number of rotatable bonds is 7. The number of phenols is 2. The largest absolute Gasteiger partial charge is 0.507 e. The predicted octanol–water partition coefficient (Wildman–Crippen LogP) is 7.86. The maximum absolute atomic E-state index is 10.6. The molecule has 0 aliphatic rings. The molecule has 0 amide bonds. The number of benzene rings is 3. The van der Waals surface area contributed by atoms with Crippen LogP contribution in [0.3, 0.4) is 0 Å². The van der Waals surface area contributed by atoms with Crippen molar-refractivity contribution in [2.24, 2.45) is 0 Å². The molecule has 0 unspecified atom stereocenters.